The summed E-state index contributed by atoms with van der Waals surface area (Å²) in [6.45, 7) is 0. The first-order chi connectivity index (χ1) is 7.36. The van der Waals surface area contributed by atoms with Gasteiger partial charge in [-0.1, -0.05) is 30.3 Å². The van der Waals surface area contributed by atoms with Crippen molar-refractivity contribution in [3.8, 4) is 6.07 Å². The summed E-state index contributed by atoms with van der Waals surface area (Å²) in [5.41, 5.74) is 2.06. The number of nitriles is 1. The van der Waals surface area contributed by atoms with Gasteiger partial charge >= 0.3 is 0 Å². The third-order valence-electron chi connectivity index (χ3n) is 2.43. The van der Waals surface area contributed by atoms with E-state index >= 15 is 0 Å². The Labute approximate surface area is 93.7 Å². The van der Waals surface area contributed by atoms with Crippen LogP contribution in [0.1, 0.15) is 11.1 Å². The van der Waals surface area contributed by atoms with E-state index in [0.29, 0.717) is 0 Å². The van der Waals surface area contributed by atoms with E-state index in [4.69, 9.17) is 5.26 Å². The van der Waals surface area contributed by atoms with Crippen LogP contribution in [-0.2, 0) is 5.75 Å². The smallest absolute Gasteiger partial charge is 0.0998 e. The van der Waals surface area contributed by atoms with Gasteiger partial charge in [0.2, 0.25) is 0 Å². The Morgan fingerprint density at radius 2 is 1.87 bits per heavy atom. The summed E-state index contributed by atoms with van der Waals surface area (Å²) in [5, 5.41) is 11.3. The van der Waals surface area contributed by atoms with Crippen LogP contribution >= 0.6 is 11.8 Å². The molecule has 0 bridgehead atoms. The average molecular weight is 213 g/mol. The molecule has 15 heavy (non-hydrogen) atoms. The monoisotopic (exact) mass is 213 g/mol. The summed E-state index contributed by atoms with van der Waals surface area (Å²) in [6.07, 6.45) is 2.09. The summed E-state index contributed by atoms with van der Waals surface area (Å²) in [5.74, 6) is 0.992. The molecule has 0 aliphatic heterocycles. The van der Waals surface area contributed by atoms with E-state index in [1.54, 1.807) is 11.8 Å². The molecule has 2 aromatic rings. The molecule has 0 saturated heterocycles. The standard InChI is InChI=1S/C13H11NS/c1-15-9-11-7-6-10(8-14)12-4-2-3-5-13(11)12/h2-7H,9H2,1H3. The molecular formula is C13H11NS. The van der Waals surface area contributed by atoms with Crippen molar-refractivity contribution < 1.29 is 0 Å². The number of thioether (sulfide) groups is 1. The third kappa shape index (κ3) is 1.84. The Morgan fingerprint density at radius 3 is 2.53 bits per heavy atom. The van der Waals surface area contributed by atoms with Gasteiger partial charge < -0.3 is 0 Å². The summed E-state index contributed by atoms with van der Waals surface area (Å²) in [7, 11) is 0. The van der Waals surface area contributed by atoms with Gasteiger partial charge in [0.25, 0.3) is 0 Å². The molecule has 0 atom stereocenters. The molecule has 0 amide bonds. The molecular weight excluding hydrogens is 202 g/mol. The van der Waals surface area contributed by atoms with Gasteiger partial charge in [0.1, 0.15) is 0 Å². The molecule has 0 fully saturated rings. The molecule has 0 spiro atoms. The summed E-state index contributed by atoms with van der Waals surface area (Å²) in [4.78, 5) is 0. The molecule has 0 radical (unpaired) electrons. The lowest BCUT2D eigenvalue weighted by atomic mass is 10.0. The van der Waals surface area contributed by atoms with E-state index in [9.17, 15) is 0 Å². The van der Waals surface area contributed by atoms with E-state index in [2.05, 4.69) is 24.5 Å². The molecule has 0 aromatic heterocycles. The summed E-state index contributed by atoms with van der Waals surface area (Å²) >= 11 is 1.80. The van der Waals surface area contributed by atoms with Crippen LogP contribution in [0.3, 0.4) is 0 Å². The van der Waals surface area contributed by atoms with E-state index in [1.165, 1.54) is 10.9 Å². The minimum Gasteiger partial charge on any atom is -0.192 e. The molecule has 1 nitrogen and oxygen atoms in total. The van der Waals surface area contributed by atoms with Crippen molar-refractivity contribution in [2.75, 3.05) is 6.26 Å². The molecule has 0 aliphatic rings. The van der Waals surface area contributed by atoms with Crippen molar-refractivity contribution in [2.45, 2.75) is 5.75 Å². The average Bonchev–Trinajstić information content (AvgIpc) is 2.30. The summed E-state index contributed by atoms with van der Waals surface area (Å²) < 4.78 is 0. The van der Waals surface area contributed by atoms with E-state index in [-0.39, 0.29) is 0 Å². The van der Waals surface area contributed by atoms with Gasteiger partial charge in [-0.15, -0.1) is 0 Å². The number of fused-ring (bicyclic) bond motifs is 1. The van der Waals surface area contributed by atoms with Crippen LogP contribution in [0.4, 0.5) is 0 Å². The molecule has 0 aliphatic carbocycles. The Hall–Kier alpha value is -1.46. The highest BCUT2D eigenvalue weighted by Gasteiger charge is 2.03. The maximum Gasteiger partial charge on any atom is 0.0998 e. The fraction of sp³-hybridized carbons (Fsp3) is 0.154. The van der Waals surface area contributed by atoms with Crippen LogP contribution in [0, 0.1) is 11.3 Å². The molecule has 0 saturated carbocycles. The van der Waals surface area contributed by atoms with Crippen LogP contribution in [0.25, 0.3) is 10.8 Å². The van der Waals surface area contributed by atoms with E-state index in [0.717, 1.165) is 16.7 Å². The van der Waals surface area contributed by atoms with Crippen LogP contribution in [0.15, 0.2) is 36.4 Å². The predicted molar refractivity (Wildman–Crippen MR) is 65.9 cm³/mol. The topological polar surface area (TPSA) is 23.8 Å². The lowest BCUT2D eigenvalue weighted by Gasteiger charge is -2.06. The number of rotatable bonds is 2. The Bertz CT molecular complexity index is 526. The second kappa shape index (κ2) is 4.37. The zero-order valence-electron chi connectivity index (χ0n) is 8.53. The van der Waals surface area contributed by atoms with Gasteiger partial charge in [-0.05, 0) is 28.7 Å². The second-order valence-corrected chi connectivity index (χ2v) is 4.23. The highest BCUT2D eigenvalue weighted by molar-refractivity contribution is 7.97. The van der Waals surface area contributed by atoms with Gasteiger partial charge in [-0.3, -0.25) is 0 Å². The molecule has 0 N–H and O–H groups in total. The van der Waals surface area contributed by atoms with Crippen molar-refractivity contribution in [3.05, 3.63) is 47.5 Å². The third-order valence-corrected chi connectivity index (χ3v) is 3.03. The zero-order valence-corrected chi connectivity index (χ0v) is 9.34. The van der Waals surface area contributed by atoms with Gasteiger partial charge in [0, 0.05) is 5.75 Å². The minimum absolute atomic E-state index is 0.760. The predicted octanol–water partition coefficient (Wildman–Crippen LogP) is 3.57. The van der Waals surface area contributed by atoms with Crippen LogP contribution in [0.5, 0.6) is 0 Å². The van der Waals surface area contributed by atoms with Crippen molar-refractivity contribution in [1.29, 1.82) is 5.26 Å². The van der Waals surface area contributed by atoms with Crippen molar-refractivity contribution in [3.63, 3.8) is 0 Å². The molecule has 74 valence electrons. The zero-order chi connectivity index (χ0) is 10.7. The minimum atomic E-state index is 0.760. The van der Waals surface area contributed by atoms with E-state index < -0.39 is 0 Å². The SMILES string of the molecule is CSCc1ccc(C#N)c2ccccc12. The normalized spacial score (nSPS) is 10.1. The Balaban J connectivity index is 2.73. The van der Waals surface area contributed by atoms with Crippen molar-refractivity contribution in [2.24, 2.45) is 0 Å². The first kappa shape index (κ1) is 10.1. The van der Waals surface area contributed by atoms with E-state index in [1.807, 2.05) is 24.3 Å². The molecule has 2 rings (SSSR count). The number of nitrogens with zero attached hydrogens (tertiary/aromatic N) is 1. The first-order valence-corrected chi connectivity index (χ1v) is 6.16. The van der Waals surface area contributed by atoms with Crippen molar-refractivity contribution in [1.82, 2.24) is 0 Å². The van der Waals surface area contributed by atoms with Gasteiger partial charge in [-0.2, -0.15) is 17.0 Å². The van der Waals surface area contributed by atoms with Gasteiger partial charge in [0.05, 0.1) is 11.6 Å². The molecule has 0 heterocycles. The quantitative estimate of drug-likeness (QED) is 0.761. The maximum atomic E-state index is 9.00. The van der Waals surface area contributed by atoms with Crippen LogP contribution in [0.2, 0.25) is 0 Å². The molecule has 2 heteroatoms. The van der Waals surface area contributed by atoms with Crippen LogP contribution in [-0.4, -0.2) is 6.26 Å². The maximum absolute atomic E-state index is 9.00. The Kier molecular flexibility index (Phi) is 2.94. The summed E-state index contributed by atoms with van der Waals surface area (Å²) in [6, 6.07) is 14.3. The van der Waals surface area contributed by atoms with Crippen LogP contribution < -0.4 is 0 Å². The van der Waals surface area contributed by atoms with Gasteiger partial charge in [0.15, 0.2) is 0 Å². The highest BCUT2D eigenvalue weighted by Crippen LogP contribution is 2.24. The Morgan fingerprint density at radius 1 is 1.13 bits per heavy atom. The number of hydrogen-bond donors (Lipinski definition) is 0. The number of benzene rings is 2. The fourth-order valence-corrected chi connectivity index (χ4v) is 2.30. The lowest BCUT2D eigenvalue weighted by Crippen LogP contribution is -1.86. The number of hydrogen-bond acceptors (Lipinski definition) is 2. The molecule has 0 unspecified atom stereocenters. The first-order valence-electron chi connectivity index (χ1n) is 4.76. The van der Waals surface area contributed by atoms with Crippen molar-refractivity contribution >= 4 is 22.5 Å². The molecule has 2 aromatic carbocycles. The second-order valence-electron chi connectivity index (χ2n) is 3.36. The van der Waals surface area contributed by atoms with Gasteiger partial charge in [-0.25, -0.2) is 0 Å². The lowest BCUT2D eigenvalue weighted by molar-refractivity contribution is 1.44. The largest absolute Gasteiger partial charge is 0.192 e. The highest BCUT2D eigenvalue weighted by atomic mass is 32.2. The fourth-order valence-electron chi connectivity index (χ4n) is 1.74.